The van der Waals surface area contributed by atoms with Crippen LogP contribution in [0.5, 0.6) is 0 Å². The van der Waals surface area contributed by atoms with Gasteiger partial charge in [-0.2, -0.15) is 9.30 Å². The van der Waals surface area contributed by atoms with Crippen LogP contribution >= 0.6 is 34.3 Å². The SMILES string of the molecule is C=CCn1c(=NC(=O)C2CCCN(S(=O)(=O)c3ccc(Cl)s3)C2)sc2cccc(F)c21. The third-order valence-electron chi connectivity index (χ3n) is 5.05. The van der Waals surface area contributed by atoms with Crippen LogP contribution in [0, 0.1) is 11.7 Å². The van der Waals surface area contributed by atoms with Crippen LogP contribution in [0.2, 0.25) is 4.34 Å². The molecule has 2 aromatic heterocycles. The second-order valence-corrected chi connectivity index (χ2v) is 12.0. The Morgan fingerprint density at radius 2 is 2.13 bits per heavy atom. The van der Waals surface area contributed by atoms with Crippen LogP contribution in [0.4, 0.5) is 4.39 Å². The molecule has 0 spiro atoms. The van der Waals surface area contributed by atoms with Crippen LogP contribution in [-0.2, 0) is 21.4 Å². The molecule has 1 unspecified atom stereocenters. The van der Waals surface area contributed by atoms with Gasteiger partial charge in [0.05, 0.1) is 20.5 Å². The van der Waals surface area contributed by atoms with E-state index >= 15 is 0 Å². The predicted molar refractivity (Wildman–Crippen MR) is 121 cm³/mol. The zero-order chi connectivity index (χ0) is 22.2. The largest absolute Gasteiger partial charge is 0.310 e. The third-order valence-corrected chi connectivity index (χ3v) is 9.65. The highest BCUT2D eigenvalue weighted by molar-refractivity contribution is 7.91. The first kappa shape index (κ1) is 22.3. The molecule has 0 radical (unpaired) electrons. The standard InChI is InChI=1S/C20H19ClFN3O3S3/c1-2-10-25-18-14(22)6-3-7-15(18)29-20(25)23-19(26)13-5-4-11-24(12-13)31(27,28)17-9-8-16(21)30-17/h2-3,6-9,13H,1,4-5,10-12H2. The molecule has 3 heterocycles. The Hall–Kier alpha value is -1.85. The van der Waals surface area contributed by atoms with E-state index in [1.165, 1.54) is 27.8 Å². The summed E-state index contributed by atoms with van der Waals surface area (Å²) in [5.41, 5.74) is 0.376. The van der Waals surface area contributed by atoms with Gasteiger partial charge in [-0.05, 0) is 37.1 Å². The molecule has 4 rings (SSSR count). The number of rotatable bonds is 5. The molecule has 11 heteroatoms. The molecular weight excluding hydrogens is 481 g/mol. The van der Waals surface area contributed by atoms with Gasteiger partial charge in [0, 0.05) is 19.6 Å². The van der Waals surface area contributed by atoms with Gasteiger partial charge in [0.15, 0.2) is 4.80 Å². The number of carbonyl (C=O) groups excluding carboxylic acids is 1. The minimum Gasteiger partial charge on any atom is -0.310 e. The Bertz CT molecular complexity index is 1330. The number of benzene rings is 1. The van der Waals surface area contributed by atoms with Gasteiger partial charge in [0.25, 0.3) is 15.9 Å². The van der Waals surface area contributed by atoms with Crippen molar-refractivity contribution in [1.82, 2.24) is 8.87 Å². The van der Waals surface area contributed by atoms with Gasteiger partial charge in [0.2, 0.25) is 0 Å². The van der Waals surface area contributed by atoms with Crippen LogP contribution in [0.25, 0.3) is 10.2 Å². The fourth-order valence-electron chi connectivity index (χ4n) is 3.58. The number of thiophene rings is 1. The van der Waals surface area contributed by atoms with Gasteiger partial charge in [-0.15, -0.1) is 17.9 Å². The van der Waals surface area contributed by atoms with Gasteiger partial charge in [-0.3, -0.25) is 4.79 Å². The molecule has 0 aliphatic carbocycles. The van der Waals surface area contributed by atoms with E-state index in [1.807, 2.05) is 0 Å². The molecule has 1 amide bonds. The summed E-state index contributed by atoms with van der Waals surface area (Å²) < 4.78 is 44.3. The molecule has 0 bridgehead atoms. The van der Waals surface area contributed by atoms with Crippen molar-refractivity contribution in [1.29, 1.82) is 0 Å². The molecular formula is C20H19ClFN3O3S3. The van der Waals surface area contributed by atoms with E-state index < -0.39 is 27.7 Å². The van der Waals surface area contributed by atoms with Crippen LogP contribution in [0.15, 0.2) is 52.2 Å². The maximum Gasteiger partial charge on any atom is 0.252 e. The first-order valence-corrected chi connectivity index (χ1v) is 13.0. The quantitative estimate of drug-likeness (QED) is 0.492. The summed E-state index contributed by atoms with van der Waals surface area (Å²) in [5.74, 6) is -1.37. The second kappa shape index (κ2) is 8.95. The summed E-state index contributed by atoms with van der Waals surface area (Å²) >= 11 is 8.10. The molecule has 0 saturated carbocycles. The van der Waals surface area contributed by atoms with Gasteiger partial charge in [-0.1, -0.05) is 35.1 Å². The maximum atomic E-state index is 14.4. The van der Waals surface area contributed by atoms with Crippen molar-refractivity contribution in [2.75, 3.05) is 13.1 Å². The van der Waals surface area contributed by atoms with E-state index in [-0.39, 0.29) is 10.8 Å². The number of halogens is 2. The lowest BCUT2D eigenvalue weighted by Gasteiger charge is -2.29. The Morgan fingerprint density at radius 1 is 1.32 bits per heavy atom. The smallest absolute Gasteiger partial charge is 0.252 e. The van der Waals surface area contributed by atoms with Crippen molar-refractivity contribution in [3.8, 4) is 0 Å². The van der Waals surface area contributed by atoms with Crippen LogP contribution in [0.1, 0.15) is 12.8 Å². The first-order chi connectivity index (χ1) is 14.8. The number of piperidine rings is 1. The summed E-state index contributed by atoms with van der Waals surface area (Å²) in [5, 5.41) is 0. The minimum atomic E-state index is -3.72. The fourth-order valence-corrected chi connectivity index (χ4v) is 7.80. The summed E-state index contributed by atoms with van der Waals surface area (Å²) in [6.45, 7) is 4.40. The Balaban J connectivity index is 1.64. The molecule has 1 atom stereocenters. The fraction of sp³-hybridized carbons (Fsp3) is 0.300. The first-order valence-electron chi connectivity index (χ1n) is 9.54. The third kappa shape index (κ3) is 4.40. The van der Waals surface area contributed by atoms with Crippen LogP contribution < -0.4 is 4.80 Å². The van der Waals surface area contributed by atoms with Gasteiger partial charge < -0.3 is 4.57 Å². The molecule has 0 N–H and O–H groups in total. The predicted octanol–water partition coefficient (Wildman–Crippen LogP) is 4.27. The number of hydrogen-bond acceptors (Lipinski definition) is 5. The number of nitrogens with zero attached hydrogens (tertiary/aromatic N) is 3. The molecule has 1 aliphatic heterocycles. The van der Waals surface area contributed by atoms with Gasteiger partial charge in [-0.25, -0.2) is 12.8 Å². The summed E-state index contributed by atoms with van der Waals surface area (Å²) in [6.07, 6.45) is 2.71. The lowest BCUT2D eigenvalue weighted by Crippen LogP contribution is -2.42. The average Bonchev–Trinajstić information content (AvgIpc) is 3.33. The highest BCUT2D eigenvalue weighted by atomic mass is 35.5. The minimum absolute atomic E-state index is 0.0564. The topological polar surface area (TPSA) is 71.7 Å². The summed E-state index contributed by atoms with van der Waals surface area (Å²) in [4.78, 5) is 17.6. The van der Waals surface area contributed by atoms with Crippen LogP contribution in [0.3, 0.4) is 0 Å². The van der Waals surface area contributed by atoms with Crippen molar-refractivity contribution in [2.45, 2.75) is 23.6 Å². The Morgan fingerprint density at radius 3 is 2.84 bits per heavy atom. The lowest BCUT2D eigenvalue weighted by atomic mass is 9.99. The normalized spacial score (nSPS) is 18.5. The lowest BCUT2D eigenvalue weighted by molar-refractivity contribution is -0.122. The molecule has 1 saturated heterocycles. The number of aromatic nitrogens is 1. The van der Waals surface area contributed by atoms with E-state index in [9.17, 15) is 17.6 Å². The molecule has 164 valence electrons. The van der Waals surface area contributed by atoms with Crippen molar-refractivity contribution in [3.05, 3.63) is 57.9 Å². The van der Waals surface area contributed by atoms with E-state index in [0.717, 1.165) is 11.3 Å². The average molecular weight is 500 g/mol. The van der Waals surface area contributed by atoms with Crippen molar-refractivity contribution in [3.63, 3.8) is 0 Å². The van der Waals surface area contributed by atoms with E-state index in [0.29, 0.717) is 45.3 Å². The number of carbonyl (C=O) groups is 1. The monoisotopic (exact) mass is 499 g/mol. The number of fused-ring (bicyclic) bond motifs is 1. The highest BCUT2D eigenvalue weighted by Crippen LogP contribution is 2.31. The van der Waals surface area contributed by atoms with Gasteiger partial charge >= 0.3 is 0 Å². The number of thiazole rings is 1. The zero-order valence-electron chi connectivity index (χ0n) is 16.3. The second-order valence-electron chi connectivity index (χ2n) is 7.08. The zero-order valence-corrected chi connectivity index (χ0v) is 19.5. The highest BCUT2D eigenvalue weighted by Gasteiger charge is 2.34. The van der Waals surface area contributed by atoms with E-state index in [2.05, 4.69) is 11.6 Å². The Kier molecular flexibility index (Phi) is 6.45. The van der Waals surface area contributed by atoms with Crippen molar-refractivity contribution in [2.24, 2.45) is 10.9 Å². The van der Waals surface area contributed by atoms with E-state index in [1.54, 1.807) is 28.8 Å². The molecule has 1 fully saturated rings. The molecule has 1 aromatic carbocycles. The molecule has 31 heavy (non-hydrogen) atoms. The van der Waals surface area contributed by atoms with E-state index in [4.69, 9.17) is 11.6 Å². The van der Waals surface area contributed by atoms with Crippen molar-refractivity contribution < 1.29 is 17.6 Å². The van der Waals surface area contributed by atoms with Crippen LogP contribution in [-0.4, -0.2) is 36.3 Å². The Labute approximate surface area is 192 Å². The number of amides is 1. The number of sulfonamides is 1. The number of allylic oxidation sites excluding steroid dienone is 1. The maximum absolute atomic E-state index is 14.4. The number of para-hydroxylation sites is 1. The van der Waals surface area contributed by atoms with Gasteiger partial charge in [0.1, 0.15) is 10.0 Å². The number of hydrogen-bond donors (Lipinski definition) is 0. The van der Waals surface area contributed by atoms with Crippen molar-refractivity contribution >= 4 is 60.4 Å². The summed E-state index contributed by atoms with van der Waals surface area (Å²) in [7, 11) is -3.72. The molecule has 6 nitrogen and oxygen atoms in total. The molecule has 1 aliphatic rings. The summed E-state index contributed by atoms with van der Waals surface area (Å²) in [6, 6.07) is 7.76. The molecule has 3 aromatic rings.